The molecule has 0 saturated carbocycles. The topological polar surface area (TPSA) is 29.5 Å². The summed E-state index contributed by atoms with van der Waals surface area (Å²) < 4.78 is 18.5. The van der Waals surface area contributed by atoms with E-state index >= 15 is 0 Å². The number of hydrogen-bond donors (Lipinski definition) is 0. The number of carbonyl (C=O) groups is 1. The van der Waals surface area contributed by atoms with Crippen LogP contribution in [-0.4, -0.2) is 37.6 Å². The number of halogens is 1. The molecule has 1 amide bonds. The van der Waals surface area contributed by atoms with E-state index in [0.29, 0.717) is 0 Å². The van der Waals surface area contributed by atoms with Gasteiger partial charge in [0.2, 0.25) is 5.91 Å². The van der Waals surface area contributed by atoms with Crippen molar-refractivity contribution in [3.05, 3.63) is 35.6 Å². The van der Waals surface area contributed by atoms with E-state index in [1.807, 2.05) is 7.05 Å². The van der Waals surface area contributed by atoms with Crippen LogP contribution in [0, 0.1) is 11.2 Å². The molecule has 1 aliphatic heterocycles. The molecule has 0 aromatic heterocycles. The Labute approximate surface area is 119 Å². The SMILES string of the molecule is CN(CC1(C)CCOCC1)C(=O)Cc1cccc(F)c1. The summed E-state index contributed by atoms with van der Waals surface area (Å²) in [7, 11) is 1.82. The van der Waals surface area contributed by atoms with Crippen LogP contribution in [0.15, 0.2) is 24.3 Å². The molecule has 2 rings (SSSR count). The van der Waals surface area contributed by atoms with Crippen molar-refractivity contribution in [1.82, 2.24) is 4.90 Å². The molecule has 4 heteroatoms. The summed E-state index contributed by atoms with van der Waals surface area (Å²) in [6.45, 7) is 4.46. The third kappa shape index (κ3) is 4.04. The normalized spacial score (nSPS) is 17.8. The number of nitrogens with zero attached hydrogens (tertiary/aromatic N) is 1. The van der Waals surface area contributed by atoms with Crippen LogP contribution in [0.1, 0.15) is 25.3 Å². The zero-order valence-corrected chi connectivity index (χ0v) is 12.2. The van der Waals surface area contributed by atoms with Crippen LogP contribution in [-0.2, 0) is 16.0 Å². The highest BCUT2D eigenvalue weighted by Gasteiger charge is 2.30. The highest BCUT2D eigenvalue weighted by Crippen LogP contribution is 2.30. The summed E-state index contributed by atoms with van der Waals surface area (Å²) in [5.74, 6) is -0.266. The predicted molar refractivity (Wildman–Crippen MR) is 75.9 cm³/mol. The maximum Gasteiger partial charge on any atom is 0.226 e. The van der Waals surface area contributed by atoms with Gasteiger partial charge in [0.15, 0.2) is 0 Å². The first-order chi connectivity index (χ1) is 9.48. The lowest BCUT2D eigenvalue weighted by atomic mass is 9.82. The molecule has 0 spiro atoms. The molecule has 1 aromatic carbocycles. The Hall–Kier alpha value is -1.42. The van der Waals surface area contributed by atoms with E-state index in [0.717, 1.165) is 38.2 Å². The Bertz CT molecular complexity index is 469. The van der Waals surface area contributed by atoms with Gasteiger partial charge in [0.05, 0.1) is 6.42 Å². The smallest absolute Gasteiger partial charge is 0.226 e. The van der Waals surface area contributed by atoms with Gasteiger partial charge in [-0.2, -0.15) is 0 Å². The number of hydrogen-bond acceptors (Lipinski definition) is 2. The Morgan fingerprint density at radius 2 is 2.10 bits per heavy atom. The van der Waals surface area contributed by atoms with Gasteiger partial charge in [-0.05, 0) is 36.0 Å². The van der Waals surface area contributed by atoms with Gasteiger partial charge in [0.1, 0.15) is 5.82 Å². The first kappa shape index (κ1) is 15.0. The lowest BCUT2D eigenvalue weighted by Crippen LogP contribution is -2.41. The number of ether oxygens (including phenoxy) is 1. The fourth-order valence-corrected chi connectivity index (χ4v) is 2.64. The molecule has 0 unspecified atom stereocenters. The Morgan fingerprint density at radius 1 is 1.40 bits per heavy atom. The van der Waals surface area contributed by atoms with Crippen molar-refractivity contribution in [2.45, 2.75) is 26.2 Å². The summed E-state index contributed by atoms with van der Waals surface area (Å²) >= 11 is 0. The molecular weight excluding hydrogens is 257 g/mol. The lowest BCUT2D eigenvalue weighted by Gasteiger charge is -2.36. The van der Waals surface area contributed by atoms with E-state index in [-0.39, 0.29) is 23.6 Å². The molecule has 1 aromatic rings. The van der Waals surface area contributed by atoms with Crippen molar-refractivity contribution in [3.63, 3.8) is 0 Å². The van der Waals surface area contributed by atoms with Crippen molar-refractivity contribution in [2.24, 2.45) is 5.41 Å². The summed E-state index contributed by atoms with van der Waals surface area (Å²) in [5, 5.41) is 0. The van der Waals surface area contributed by atoms with E-state index in [1.54, 1.807) is 17.0 Å². The van der Waals surface area contributed by atoms with Crippen LogP contribution in [0.3, 0.4) is 0 Å². The van der Waals surface area contributed by atoms with Crippen LogP contribution in [0.4, 0.5) is 4.39 Å². The Balaban J connectivity index is 1.91. The maximum atomic E-state index is 13.1. The standard InChI is InChI=1S/C16H22FNO2/c1-16(6-8-20-9-7-16)12-18(2)15(19)11-13-4-3-5-14(17)10-13/h3-5,10H,6-9,11-12H2,1-2H3. The molecule has 1 saturated heterocycles. The van der Waals surface area contributed by atoms with Crippen molar-refractivity contribution in [3.8, 4) is 0 Å². The minimum Gasteiger partial charge on any atom is -0.381 e. The molecule has 110 valence electrons. The third-order valence-corrected chi connectivity index (χ3v) is 3.99. The number of benzene rings is 1. The maximum absolute atomic E-state index is 13.1. The summed E-state index contributed by atoms with van der Waals surface area (Å²) in [6, 6.07) is 6.23. The van der Waals surface area contributed by atoms with E-state index in [1.165, 1.54) is 12.1 Å². The molecule has 0 radical (unpaired) electrons. The van der Waals surface area contributed by atoms with Gasteiger partial charge in [0, 0.05) is 26.8 Å². The van der Waals surface area contributed by atoms with Gasteiger partial charge in [-0.1, -0.05) is 19.1 Å². The molecule has 1 heterocycles. The predicted octanol–water partition coefficient (Wildman–Crippen LogP) is 2.64. The number of carbonyl (C=O) groups excluding carboxylic acids is 1. The van der Waals surface area contributed by atoms with Crippen LogP contribution in [0.2, 0.25) is 0 Å². The monoisotopic (exact) mass is 279 g/mol. The summed E-state index contributed by atoms with van der Waals surface area (Å²) in [4.78, 5) is 14.0. The molecule has 0 atom stereocenters. The largest absolute Gasteiger partial charge is 0.381 e. The molecule has 1 fully saturated rings. The quantitative estimate of drug-likeness (QED) is 0.848. The zero-order valence-electron chi connectivity index (χ0n) is 12.2. The molecule has 0 N–H and O–H groups in total. The van der Waals surface area contributed by atoms with E-state index in [9.17, 15) is 9.18 Å². The number of likely N-dealkylation sites (N-methyl/N-ethyl adjacent to an activating group) is 1. The number of amides is 1. The fourth-order valence-electron chi connectivity index (χ4n) is 2.64. The fraction of sp³-hybridized carbons (Fsp3) is 0.562. The van der Waals surface area contributed by atoms with E-state index in [4.69, 9.17) is 4.74 Å². The van der Waals surface area contributed by atoms with Gasteiger partial charge >= 0.3 is 0 Å². The minimum atomic E-state index is -0.297. The van der Waals surface area contributed by atoms with Crippen LogP contribution in [0.5, 0.6) is 0 Å². The van der Waals surface area contributed by atoms with E-state index < -0.39 is 0 Å². The second-order valence-corrected chi connectivity index (χ2v) is 5.98. The van der Waals surface area contributed by atoms with Crippen molar-refractivity contribution >= 4 is 5.91 Å². The third-order valence-electron chi connectivity index (χ3n) is 3.99. The van der Waals surface area contributed by atoms with Crippen molar-refractivity contribution in [1.29, 1.82) is 0 Å². The van der Waals surface area contributed by atoms with Crippen molar-refractivity contribution < 1.29 is 13.9 Å². The van der Waals surface area contributed by atoms with Gasteiger partial charge in [0.25, 0.3) is 0 Å². The molecular formula is C16H22FNO2. The first-order valence-corrected chi connectivity index (χ1v) is 7.05. The second-order valence-electron chi connectivity index (χ2n) is 5.98. The summed E-state index contributed by atoms with van der Waals surface area (Å²) in [5.41, 5.74) is 0.851. The Kier molecular flexibility index (Phi) is 4.76. The van der Waals surface area contributed by atoms with Crippen LogP contribution in [0.25, 0.3) is 0 Å². The average molecular weight is 279 g/mol. The molecule has 0 aliphatic carbocycles. The van der Waals surface area contributed by atoms with Gasteiger partial charge < -0.3 is 9.64 Å². The summed E-state index contributed by atoms with van der Waals surface area (Å²) in [6.07, 6.45) is 2.20. The van der Waals surface area contributed by atoms with E-state index in [2.05, 4.69) is 6.92 Å². The first-order valence-electron chi connectivity index (χ1n) is 7.05. The molecule has 20 heavy (non-hydrogen) atoms. The molecule has 0 bridgehead atoms. The van der Waals surface area contributed by atoms with Gasteiger partial charge in [-0.15, -0.1) is 0 Å². The highest BCUT2D eigenvalue weighted by atomic mass is 19.1. The van der Waals surface area contributed by atoms with Crippen molar-refractivity contribution in [2.75, 3.05) is 26.8 Å². The molecule has 3 nitrogen and oxygen atoms in total. The second kappa shape index (κ2) is 6.35. The van der Waals surface area contributed by atoms with Gasteiger partial charge in [-0.3, -0.25) is 4.79 Å². The lowest BCUT2D eigenvalue weighted by molar-refractivity contribution is -0.131. The number of rotatable bonds is 4. The molecule has 1 aliphatic rings. The van der Waals surface area contributed by atoms with Crippen LogP contribution >= 0.6 is 0 Å². The highest BCUT2D eigenvalue weighted by molar-refractivity contribution is 5.78. The minimum absolute atomic E-state index is 0.0308. The average Bonchev–Trinajstić information content (AvgIpc) is 2.39. The van der Waals surface area contributed by atoms with Gasteiger partial charge in [-0.25, -0.2) is 4.39 Å². The zero-order chi connectivity index (χ0) is 14.6. The Morgan fingerprint density at radius 3 is 2.75 bits per heavy atom. The van der Waals surface area contributed by atoms with Crippen LogP contribution < -0.4 is 0 Å².